The van der Waals surface area contributed by atoms with Gasteiger partial charge in [-0.15, -0.1) is 5.10 Å². The van der Waals surface area contributed by atoms with Crippen molar-refractivity contribution in [3.05, 3.63) is 41.2 Å². The van der Waals surface area contributed by atoms with Gasteiger partial charge in [0, 0.05) is 32.7 Å². The molecule has 226 valence electrons. The number of halogens is 2. The molecule has 0 aliphatic carbocycles. The van der Waals surface area contributed by atoms with Crippen LogP contribution in [0.1, 0.15) is 70.1 Å². The Morgan fingerprint density at radius 1 is 1.24 bits per heavy atom. The molecule has 1 aliphatic heterocycles. The summed E-state index contributed by atoms with van der Waals surface area (Å²) in [5, 5.41) is 18.3. The van der Waals surface area contributed by atoms with Crippen molar-refractivity contribution < 1.29 is 33.0 Å². The van der Waals surface area contributed by atoms with E-state index in [1.165, 1.54) is 17.0 Å². The molecule has 10 nitrogen and oxygen atoms in total. The molecular weight excluding hydrogens is 536 g/mol. The van der Waals surface area contributed by atoms with Crippen LogP contribution < -0.4 is 0 Å². The molecule has 0 radical (unpaired) electrons. The van der Waals surface area contributed by atoms with Gasteiger partial charge < -0.3 is 24.4 Å². The average Bonchev–Trinajstić information content (AvgIpc) is 3.32. The lowest BCUT2D eigenvalue weighted by Crippen LogP contribution is -2.65. The highest BCUT2D eigenvalue weighted by atomic mass is 19.2. The van der Waals surface area contributed by atoms with Crippen LogP contribution >= 0.6 is 0 Å². The first-order valence-electron chi connectivity index (χ1n) is 13.9. The highest BCUT2D eigenvalue weighted by Crippen LogP contribution is 2.37. The zero-order chi connectivity index (χ0) is 30.5. The first kappa shape index (κ1) is 32.1. The zero-order valence-electron chi connectivity index (χ0n) is 24.6. The molecule has 0 saturated carbocycles. The Morgan fingerprint density at radius 2 is 1.95 bits per heavy atom. The van der Waals surface area contributed by atoms with Crippen LogP contribution in [-0.4, -0.2) is 87.1 Å². The van der Waals surface area contributed by atoms with Crippen LogP contribution in [0.15, 0.2) is 18.2 Å². The fraction of sp³-hybridized carbons (Fsp3) is 0.621. The van der Waals surface area contributed by atoms with Crippen LogP contribution in [0.2, 0.25) is 0 Å². The van der Waals surface area contributed by atoms with Crippen LogP contribution in [0, 0.1) is 28.9 Å². The number of carbonyl (C=O) groups is 3. The lowest BCUT2D eigenvalue weighted by atomic mass is 9.74. The third-order valence-electron chi connectivity index (χ3n) is 7.36. The Hall–Kier alpha value is -3.41. The summed E-state index contributed by atoms with van der Waals surface area (Å²) >= 11 is 0. The summed E-state index contributed by atoms with van der Waals surface area (Å²) in [6, 6.07) is 2.47. The summed E-state index contributed by atoms with van der Waals surface area (Å²) in [5.41, 5.74) is -0.446. The number of aromatic nitrogens is 3. The molecule has 1 aromatic heterocycles. The second kappa shape index (κ2) is 13.5. The first-order chi connectivity index (χ1) is 19.3. The number of likely N-dealkylation sites (tertiary alicyclic amines) is 1. The van der Waals surface area contributed by atoms with Gasteiger partial charge in [0.05, 0.1) is 17.8 Å². The van der Waals surface area contributed by atoms with Crippen LogP contribution in [0.25, 0.3) is 5.69 Å². The number of piperidine rings is 1. The molecule has 1 fully saturated rings. The Labute approximate surface area is 239 Å². The number of benzene rings is 1. The summed E-state index contributed by atoms with van der Waals surface area (Å²) in [4.78, 5) is 41.5. The standard InChI is InChI=1S/C29H41F2N5O5/c1-18(2)15-34(23-14-19(17-37)16-35(28(39)40)26(23)29(3,4)5)27(38)25-22(11-7-8-13-41-6)36(33-32-25)21-12-9-10-20(30)24(21)31/h9-10,12,17-19,23,26H,7-8,11,13-16H2,1-6H3,(H,39,40)/t19-,23+,26?/m1/s1. The maximum Gasteiger partial charge on any atom is 0.407 e. The van der Waals surface area contributed by atoms with Gasteiger partial charge in [0.1, 0.15) is 12.0 Å². The fourth-order valence-electron chi connectivity index (χ4n) is 5.70. The first-order valence-corrected chi connectivity index (χ1v) is 13.9. The topological polar surface area (TPSA) is 118 Å². The Bertz CT molecular complexity index is 1230. The molecule has 0 spiro atoms. The monoisotopic (exact) mass is 577 g/mol. The van der Waals surface area contributed by atoms with E-state index in [9.17, 15) is 28.3 Å². The molecule has 1 aromatic carbocycles. The number of nitrogens with zero attached hydrogens (tertiary/aromatic N) is 5. The number of unbranched alkanes of at least 4 members (excludes halogenated alkanes) is 1. The van der Waals surface area contributed by atoms with Crippen LogP contribution in [0.5, 0.6) is 0 Å². The molecular formula is C29H41F2N5O5. The smallest absolute Gasteiger partial charge is 0.407 e. The molecule has 12 heteroatoms. The van der Waals surface area contributed by atoms with E-state index in [-0.39, 0.29) is 43.2 Å². The minimum atomic E-state index is -1.16. The summed E-state index contributed by atoms with van der Waals surface area (Å²) < 4.78 is 35.3. The molecule has 1 aliphatic rings. The molecule has 2 aromatic rings. The number of aldehydes is 1. The van der Waals surface area contributed by atoms with Crippen molar-refractivity contribution in [1.82, 2.24) is 24.8 Å². The molecule has 1 N–H and O–H groups in total. The highest BCUT2D eigenvalue weighted by Gasteiger charge is 2.48. The van der Waals surface area contributed by atoms with E-state index in [1.807, 2.05) is 34.6 Å². The maximum atomic E-state index is 14.9. The third-order valence-corrected chi connectivity index (χ3v) is 7.36. The van der Waals surface area contributed by atoms with Crippen LogP contribution in [0.3, 0.4) is 0 Å². The summed E-state index contributed by atoms with van der Waals surface area (Å²) in [7, 11) is 1.58. The Morgan fingerprint density at radius 3 is 2.54 bits per heavy atom. The van der Waals surface area contributed by atoms with E-state index in [1.54, 1.807) is 12.0 Å². The van der Waals surface area contributed by atoms with Gasteiger partial charge >= 0.3 is 6.09 Å². The number of ether oxygens (including phenoxy) is 1. The van der Waals surface area contributed by atoms with Gasteiger partial charge in [-0.3, -0.25) is 4.79 Å². The lowest BCUT2D eigenvalue weighted by molar-refractivity contribution is -0.115. The number of carbonyl (C=O) groups excluding carboxylic acids is 2. The second-order valence-electron chi connectivity index (χ2n) is 12.1. The van der Waals surface area contributed by atoms with Crippen molar-refractivity contribution in [3.63, 3.8) is 0 Å². The van der Waals surface area contributed by atoms with Crippen molar-refractivity contribution in [2.24, 2.45) is 17.3 Å². The minimum Gasteiger partial charge on any atom is -0.465 e. The van der Waals surface area contributed by atoms with Gasteiger partial charge in [0.25, 0.3) is 5.91 Å². The van der Waals surface area contributed by atoms with Gasteiger partial charge in [0.2, 0.25) is 0 Å². The van der Waals surface area contributed by atoms with Gasteiger partial charge in [-0.25, -0.2) is 18.3 Å². The number of carboxylic acid groups (broad SMARTS) is 1. The van der Waals surface area contributed by atoms with Crippen molar-refractivity contribution in [2.75, 3.05) is 26.8 Å². The third kappa shape index (κ3) is 7.27. The van der Waals surface area contributed by atoms with E-state index in [0.717, 1.165) is 17.0 Å². The average molecular weight is 578 g/mol. The van der Waals surface area contributed by atoms with Crippen molar-refractivity contribution in [1.29, 1.82) is 0 Å². The van der Waals surface area contributed by atoms with E-state index >= 15 is 0 Å². The quantitative estimate of drug-likeness (QED) is 0.307. The highest BCUT2D eigenvalue weighted by molar-refractivity contribution is 5.94. The van der Waals surface area contributed by atoms with E-state index in [2.05, 4.69) is 10.3 Å². The molecule has 1 saturated heterocycles. The van der Waals surface area contributed by atoms with Gasteiger partial charge in [-0.2, -0.15) is 0 Å². The summed E-state index contributed by atoms with van der Waals surface area (Å²) in [6.07, 6.45) is 1.36. The van der Waals surface area contributed by atoms with E-state index in [4.69, 9.17) is 4.74 Å². The molecule has 2 amide bonds. The van der Waals surface area contributed by atoms with E-state index < -0.39 is 47.1 Å². The minimum absolute atomic E-state index is 0.00434. The van der Waals surface area contributed by atoms with Gasteiger partial charge in [0.15, 0.2) is 17.3 Å². The summed E-state index contributed by atoms with van der Waals surface area (Å²) in [6.45, 7) is 10.4. The molecule has 41 heavy (non-hydrogen) atoms. The molecule has 3 atom stereocenters. The summed E-state index contributed by atoms with van der Waals surface area (Å²) in [5.74, 6) is -3.26. The van der Waals surface area contributed by atoms with Crippen molar-refractivity contribution in [2.45, 2.75) is 72.4 Å². The second-order valence-corrected chi connectivity index (χ2v) is 12.1. The van der Waals surface area contributed by atoms with Crippen molar-refractivity contribution >= 4 is 18.3 Å². The van der Waals surface area contributed by atoms with Crippen LogP contribution in [-0.2, 0) is 16.0 Å². The molecule has 1 unspecified atom stereocenters. The predicted molar refractivity (Wildman–Crippen MR) is 148 cm³/mol. The Balaban J connectivity index is 2.15. The van der Waals surface area contributed by atoms with Gasteiger partial charge in [-0.1, -0.05) is 45.9 Å². The van der Waals surface area contributed by atoms with Gasteiger partial charge in [-0.05, 0) is 49.1 Å². The lowest BCUT2D eigenvalue weighted by Gasteiger charge is -2.51. The molecule has 3 rings (SSSR count). The fourth-order valence-corrected chi connectivity index (χ4v) is 5.70. The normalized spacial score (nSPS) is 19.4. The number of amides is 2. The largest absolute Gasteiger partial charge is 0.465 e. The predicted octanol–water partition coefficient (Wildman–Crippen LogP) is 4.59. The molecule has 2 heterocycles. The number of rotatable bonds is 11. The zero-order valence-corrected chi connectivity index (χ0v) is 24.6. The number of hydrogen-bond acceptors (Lipinski definition) is 6. The number of hydrogen-bond donors (Lipinski definition) is 1. The van der Waals surface area contributed by atoms with Crippen molar-refractivity contribution in [3.8, 4) is 5.69 Å². The number of methoxy groups -OCH3 is 1. The Kier molecular flexibility index (Phi) is 10.6. The van der Waals surface area contributed by atoms with E-state index in [0.29, 0.717) is 25.1 Å². The molecule has 0 bridgehead atoms. The SMILES string of the molecule is COCCCCc1c(C(=O)N(CC(C)C)[C@H]2C[C@@H](C=O)CN(C(=O)O)C2C(C)(C)C)nnn1-c1cccc(F)c1F. The maximum absolute atomic E-state index is 14.9. The van der Waals surface area contributed by atoms with Crippen LogP contribution in [0.4, 0.5) is 13.6 Å².